The Bertz CT molecular complexity index is 1110. The lowest BCUT2D eigenvalue weighted by Gasteiger charge is -2.23. The van der Waals surface area contributed by atoms with Crippen molar-refractivity contribution < 1.29 is 22.7 Å². The molecule has 7 heteroatoms. The third-order valence-corrected chi connectivity index (χ3v) is 6.32. The molecule has 0 N–H and O–H groups in total. The zero-order valence-corrected chi connectivity index (χ0v) is 18.3. The molecule has 3 rings (SSSR count). The SMILES string of the molecule is CCOc1ccc(N(C(=O)COc2cccc(CC)c2)S(=O)(=O)c2ccccc2)cc1. The van der Waals surface area contributed by atoms with Crippen molar-refractivity contribution in [1.29, 1.82) is 0 Å². The molecule has 0 saturated heterocycles. The van der Waals surface area contributed by atoms with Gasteiger partial charge in [-0.25, -0.2) is 8.42 Å². The number of anilines is 1. The van der Waals surface area contributed by atoms with Crippen LogP contribution in [0, 0.1) is 0 Å². The number of sulfonamides is 1. The van der Waals surface area contributed by atoms with Crippen molar-refractivity contribution in [3.8, 4) is 11.5 Å². The second kappa shape index (κ2) is 10.1. The van der Waals surface area contributed by atoms with E-state index in [1.165, 1.54) is 12.1 Å². The number of carbonyl (C=O) groups is 1. The second-order valence-corrected chi connectivity index (χ2v) is 8.48. The molecule has 1 amide bonds. The van der Waals surface area contributed by atoms with Crippen molar-refractivity contribution >= 4 is 21.6 Å². The Hall–Kier alpha value is -3.32. The number of rotatable bonds is 9. The highest BCUT2D eigenvalue weighted by Crippen LogP contribution is 2.26. The van der Waals surface area contributed by atoms with E-state index in [1.54, 1.807) is 48.5 Å². The average Bonchev–Trinajstić information content (AvgIpc) is 2.80. The van der Waals surface area contributed by atoms with Gasteiger partial charge in [0.15, 0.2) is 6.61 Å². The third kappa shape index (κ3) is 5.44. The fraction of sp³-hybridized carbons (Fsp3) is 0.208. The standard InChI is InChI=1S/C24H25NO5S/c1-3-19-9-8-10-22(17-19)30-18-24(26)25(20-13-15-21(16-14-20)29-4-2)31(27,28)23-11-6-5-7-12-23/h5-17H,3-4,18H2,1-2H3. The summed E-state index contributed by atoms with van der Waals surface area (Å²) in [5.41, 5.74) is 1.27. The Balaban J connectivity index is 1.92. The fourth-order valence-electron chi connectivity index (χ4n) is 3.02. The van der Waals surface area contributed by atoms with Crippen LogP contribution in [0.25, 0.3) is 0 Å². The number of nitrogens with zero attached hydrogens (tertiary/aromatic N) is 1. The van der Waals surface area contributed by atoms with Crippen molar-refractivity contribution in [2.24, 2.45) is 0 Å². The Morgan fingerprint density at radius 1 is 0.839 bits per heavy atom. The van der Waals surface area contributed by atoms with Gasteiger partial charge >= 0.3 is 0 Å². The molecule has 0 unspecified atom stereocenters. The molecular weight excluding hydrogens is 414 g/mol. The van der Waals surface area contributed by atoms with E-state index < -0.39 is 22.5 Å². The summed E-state index contributed by atoms with van der Waals surface area (Å²) in [6, 6.07) is 21.6. The van der Waals surface area contributed by atoms with Gasteiger partial charge in [0, 0.05) is 0 Å². The minimum atomic E-state index is -4.13. The van der Waals surface area contributed by atoms with Gasteiger partial charge in [-0.1, -0.05) is 37.3 Å². The van der Waals surface area contributed by atoms with Crippen LogP contribution in [-0.2, 0) is 21.2 Å². The zero-order chi connectivity index (χ0) is 22.3. The van der Waals surface area contributed by atoms with Crippen molar-refractivity contribution in [1.82, 2.24) is 0 Å². The molecule has 0 radical (unpaired) electrons. The van der Waals surface area contributed by atoms with Gasteiger partial charge < -0.3 is 9.47 Å². The summed E-state index contributed by atoms with van der Waals surface area (Å²) in [5.74, 6) is 0.398. The highest BCUT2D eigenvalue weighted by molar-refractivity contribution is 7.93. The fourth-order valence-corrected chi connectivity index (χ4v) is 4.45. The minimum absolute atomic E-state index is 0.0187. The summed E-state index contributed by atoms with van der Waals surface area (Å²) in [4.78, 5) is 13.1. The lowest BCUT2D eigenvalue weighted by atomic mass is 10.2. The quantitative estimate of drug-likeness (QED) is 0.493. The van der Waals surface area contributed by atoms with E-state index in [-0.39, 0.29) is 10.6 Å². The van der Waals surface area contributed by atoms with Gasteiger partial charge in [0.25, 0.3) is 15.9 Å². The first-order valence-corrected chi connectivity index (χ1v) is 11.5. The average molecular weight is 440 g/mol. The maximum Gasteiger partial charge on any atom is 0.278 e. The molecular formula is C24H25NO5S. The number of aryl methyl sites for hydroxylation is 1. The molecule has 0 fully saturated rings. The zero-order valence-electron chi connectivity index (χ0n) is 17.5. The molecule has 0 spiro atoms. The second-order valence-electron chi connectivity index (χ2n) is 6.69. The van der Waals surface area contributed by atoms with Gasteiger partial charge in [-0.3, -0.25) is 4.79 Å². The van der Waals surface area contributed by atoms with Gasteiger partial charge in [-0.05, 0) is 67.4 Å². The molecule has 0 heterocycles. The summed E-state index contributed by atoms with van der Waals surface area (Å²) < 4.78 is 38.5. The summed E-state index contributed by atoms with van der Waals surface area (Å²) >= 11 is 0. The van der Waals surface area contributed by atoms with Crippen molar-refractivity contribution in [3.63, 3.8) is 0 Å². The van der Waals surface area contributed by atoms with E-state index >= 15 is 0 Å². The monoisotopic (exact) mass is 439 g/mol. The maximum atomic E-state index is 13.3. The first-order chi connectivity index (χ1) is 15.0. The van der Waals surface area contributed by atoms with E-state index in [9.17, 15) is 13.2 Å². The molecule has 31 heavy (non-hydrogen) atoms. The van der Waals surface area contributed by atoms with Gasteiger partial charge in [0.1, 0.15) is 11.5 Å². The lowest BCUT2D eigenvalue weighted by molar-refractivity contribution is -0.119. The predicted molar refractivity (Wildman–Crippen MR) is 120 cm³/mol. The first-order valence-electron chi connectivity index (χ1n) is 10.0. The van der Waals surface area contributed by atoms with E-state index in [0.29, 0.717) is 18.1 Å². The van der Waals surface area contributed by atoms with Crippen LogP contribution in [0.5, 0.6) is 11.5 Å². The van der Waals surface area contributed by atoms with Crippen molar-refractivity contribution in [2.45, 2.75) is 25.2 Å². The molecule has 0 aliphatic heterocycles. The Kier molecular flexibility index (Phi) is 7.31. The molecule has 6 nitrogen and oxygen atoms in total. The molecule has 0 aliphatic rings. The normalized spacial score (nSPS) is 11.0. The highest BCUT2D eigenvalue weighted by Gasteiger charge is 2.31. The van der Waals surface area contributed by atoms with E-state index in [1.807, 2.05) is 32.0 Å². The molecule has 0 bridgehead atoms. The summed E-state index contributed by atoms with van der Waals surface area (Å²) in [6.45, 7) is 3.93. The predicted octanol–water partition coefficient (Wildman–Crippen LogP) is 4.45. The van der Waals surface area contributed by atoms with Crippen molar-refractivity contribution in [3.05, 3.63) is 84.4 Å². The molecule has 162 valence electrons. The van der Waals surface area contributed by atoms with Crippen LogP contribution in [-0.4, -0.2) is 27.5 Å². The molecule has 0 atom stereocenters. The number of benzene rings is 3. The van der Waals surface area contributed by atoms with Crippen LogP contribution in [0.15, 0.2) is 83.8 Å². The van der Waals surface area contributed by atoms with Gasteiger partial charge in [-0.2, -0.15) is 4.31 Å². The molecule has 0 saturated carbocycles. The maximum absolute atomic E-state index is 13.3. The Labute approximate surface area is 183 Å². The van der Waals surface area contributed by atoms with Crippen LogP contribution < -0.4 is 13.8 Å². The first kappa shape index (κ1) is 22.4. The van der Waals surface area contributed by atoms with Crippen LogP contribution >= 0.6 is 0 Å². The van der Waals surface area contributed by atoms with Crippen molar-refractivity contribution in [2.75, 3.05) is 17.5 Å². The Morgan fingerprint density at radius 3 is 2.19 bits per heavy atom. The highest BCUT2D eigenvalue weighted by atomic mass is 32.2. The van der Waals surface area contributed by atoms with Gasteiger partial charge in [0.2, 0.25) is 0 Å². The minimum Gasteiger partial charge on any atom is -0.494 e. The molecule has 0 aromatic heterocycles. The van der Waals surface area contributed by atoms with Crippen LogP contribution in [0.2, 0.25) is 0 Å². The number of hydrogen-bond donors (Lipinski definition) is 0. The number of amides is 1. The third-order valence-electron chi connectivity index (χ3n) is 4.56. The van der Waals surface area contributed by atoms with Crippen LogP contribution in [0.4, 0.5) is 5.69 Å². The van der Waals surface area contributed by atoms with E-state index in [4.69, 9.17) is 9.47 Å². The lowest BCUT2D eigenvalue weighted by Crippen LogP contribution is -2.40. The van der Waals surface area contributed by atoms with Gasteiger partial charge in [-0.15, -0.1) is 0 Å². The molecule has 3 aromatic carbocycles. The van der Waals surface area contributed by atoms with E-state index in [0.717, 1.165) is 16.3 Å². The summed E-state index contributed by atoms with van der Waals surface area (Å²) in [6.07, 6.45) is 0.825. The van der Waals surface area contributed by atoms with E-state index in [2.05, 4.69) is 0 Å². The Morgan fingerprint density at radius 2 is 1.55 bits per heavy atom. The largest absolute Gasteiger partial charge is 0.494 e. The molecule has 0 aliphatic carbocycles. The number of hydrogen-bond acceptors (Lipinski definition) is 5. The summed E-state index contributed by atoms with van der Waals surface area (Å²) in [5, 5.41) is 0. The van der Waals surface area contributed by atoms with Crippen LogP contribution in [0.3, 0.4) is 0 Å². The topological polar surface area (TPSA) is 72.9 Å². The molecule has 3 aromatic rings. The van der Waals surface area contributed by atoms with Gasteiger partial charge in [0.05, 0.1) is 17.2 Å². The smallest absolute Gasteiger partial charge is 0.278 e. The number of ether oxygens (including phenoxy) is 2. The summed E-state index contributed by atoms with van der Waals surface area (Å²) in [7, 11) is -4.13. The number of carbonyl (C=O) groups excluding carboxylic acids is 1. The van der Waals surface area contributed by atoms with Crippen LogP contribution in [0.1, 0.15) is 19.4 Å².